The van der Waals surface area contributed by atoms with E-state index < -0.39 is 0 Å². The van der Waals surface area contributed by atoms with Crippen LogP contribution in [0.25, 0.3) is 0 Å². The van der Waals surface area contributed by atoms with E-state index in [4.69, 9.17) is 0 Å². The molecule has 1 rings (SSSR count). The summed E-state index contributed by atoms with van der Waals surface area (Å²) in [6.07, 6.45) is 1.16. The molecule has 0 saturated heterocycles. The van der Waals surface area contributed by atoms with Crippen molar-refractivity contribution in [2.75, 3.05) is 17.4 Å². The summed E-state index contributed by atoms with van der Waals surface area (Å²) in [5, 5.41) is 0. The number of nitrogens with zero attached hydrogens (tertiary/aromatic N) is 1. The number of anilines is 1. The summed E-state index contributed by atoms with van der Waals surface area (Å²) in [6.45, 7) is 4.50. The fraction of sp³-hybridized carbons (Fsp3) is 0.500. The van der Waals surface area contributed by atoms with Crippen LogP contribution in [-0.2, 0) is 6.42 Å². The molecule has 78 valence electrons. The largest absolute Gasteiger partial charge is 0.365 e. The van der Waals surface area contributed by atoms with Crippen LogP contribution in [0.3, 0.4) is 0 Å². The Balaban J connectivity index is 2.68. The lowest BCUT2D eigenvalue weighted by Crippen LogP contribution is -2.13. The van der Waals surface area contributed by atoms with Crippen molar-refractivity contribution in [2.24, 2.45) is 5.92 Å². The lowest BCUT2D eigenvalue weighted by molar-refractivity contribution is 0.647. The van der Waals surface area contributed by atoms with Crippen LogP contribution >= 0.6 is 15.9 Å². The molecule has 1 aromatic rings. The molecule has 0 saturated carbocycles. The predicted molar refractivity (Wildman–Crippen MR) is 67.2 cm³/mol. The molecule has 1 aromatic carbocycles. The number of halogens is 1. The summed E-state index contributed by atoms with van der Waals surface area (Å²) in [6, 6.07) is 8.79. The maximum Gasteiger partial charge on any atom is 0.0732 e. The second-order valence-corrected chi connectivity index (χ2v) is 4.58. The third kappa shape index (κ3) is 3.33. The van der Waals surface area contributed by atoms with Crippen LogP contribution in [0.1, 0.15) is 19.4 Å². The number of hydrogen-bond donors (Lipinski definition) is 0. The molecule has 14 heavy (non-hydrogen) atoms. The standard InChI is InChI=1S/C12H18BrN/c1-10(2)8-11-4-6-12(7-5-11)14(3)9-13/h4-7,10H,8-9H2,1-3H3. The molecular formula is C12H18BrN. The Bertz CT molecular complexity index is 266. The van der Waals surface area contributed by atoms with Gasteiger partial charge >= 0.3 is 0 Å². The van der Waals surface area contributed by atoms with Gasteiger partial charge in [0.05, 0.1) is 5.45 Å². The zero-order valence-electron chi connectivity index (χ0n) is 9.13. The Hall–Kier alpha value is -0.500. The van der Waals surface area contributed by atoms with Crippen molar-refractivity contribution in [3.8, 4) is 0 Å². The van der Waals surface area contributed by atoms with Crippen molar-refractivity contribution in [1.29, 1.82) is 0 Å². The molecule has 0 heterocycles. The van der Waals surface area contributed by atoms with Gasteiger partial charge in [0.2, 0.25) is 0 Å². The maximum atomic E-state index is 3.44. The summed E-state index contributed by atoms with van der Waals surface area (Å²) in [5.74, 6) is 0.731. The van der Waals surface area contributed by atoms with E-state index in [0.29, 0.717) is 0 Å². The van der Waals surface area contributed by atoms with Crippen LogP contribution in [0.4, 0.5) is 5.69 Å². The summed E-state index contributed by atoms with van der Waals surface area (Å²) in [4.78, 5) is 2.17. The summed E-state index contributed by atoms with van der Waals surface area (Å²) >= 11 is 3.44. The first kappa shape index (κ1) is 11.6. The Morgan fingerprint density at radius 1 is 1.21 bits per heavy atom. The first-order valence-corrected chi connectivity index (χ1v) is 6.11. The van der Waals surface area contributed by atoms with E-state index in [9.17, 15) is 0 Å². The molecule has 0 aliphatic heterocycles. The van der Waals surface area contributed by atoms with E-state index in [1.807, 2.05) is 0 Å². The highest BCUT2D eigenvalue weighted by atomic mass is 79.9. The quantitative estimate of drug-likeness (QED) is 0.586. The van der Waals surface area contributed by atoms with Gasteiger partial charge in [-0.25, -0.2) is 0 Å². The Kier molecular flexibility index (Phi) is 4.46. The molecule has 0 amide bonds. The Morgan fingerprint density at radius 3 is 2.21 bits per heavy atom. The molecule has 0 aromatic heterocycles. The highest BCUT2D eigenvalue weighted by molar-refractivity contribution is 9.09. The van der Waals surface area contributed by atoms with E-state index in [1.165, 1.54) is 11.3 Å². The normalized spacial score (nSPS) is 10.6. The van der Waals surface area contributed by atoms with Crippen molar-refractivity contribution in [1.82, 2.24) is 0 Å². The smallest absolute Gasteiger partial charge is 0.0732 e. The third-order valence-electron chi connectivity index (χ3n) is 2.20. The SMILES string of the molecule is CC(C)Cc1ccc(N(C)CBr)cc1. The van der Waals surface area contributed by atoms with E-state index >= 15 is 0 Å². The molecule has 0 radical (unpaired) electrons. The van der Waals surface area contributed by atoms with Gasteiger partial charge in [0.1, 0.15) is 0 Å². The lowest BCUT2D eigenvalue weighted by Gasteiger charge is -2.16. The predicted octanol–water partition coefficient (Wildman–Crippen LogP) is 3.67. The molecule has 0 bridgehead atoms. The Morgan fingerprint density at radius 2 is 1.79 bits per heavy atom. The van der Waals surface area contributed by atoms with Gasteiger partial charge in [0.25, 0.3) is 0 Å². The zero-order valence-corrected chi connectivity index (χ0v) is 10.7. The molecule has 0 fully saturated rings. The van der Waals surface area contributed by atoms with Crippen molar-refractivity contribution in [2.45, 2.75) is 20.3 Å². The van der Waals surface area contributed by atoms with Gasteiger partial charge in [0, 0.05) is 12.7 Å². The molecule has 1 nitrogen and oxygen atoms in total. The number of hydrogen-bond acceptors (Lipinski definition) is 1. The lowest BCUT2D eigenvalue weighted by atomic mass is 10.0. The molecule has 0 aliphatic rings. The van der Waals surface area contributed by atoms with Gasteiger partial charge in [-0.2, -0.15) is 0 Å². The highest BCUT2D eigenvalue weighted by Crippen LogP contribution is 2.16. The first-order valence-electron chi connectivity index (χ1n) is 4.99. The maximum absolute atomic E-state index is 3.44. The summed E-state index contributed by atoms with van der Waals surface area (Å²) in [5.41, 5.74) is 3.55. The average molecular weight is 256 g/mol. The minimum atomic E-state index is 0.731. The van der Waals surface area contributed by atoms with Gasteiger partial charge in [0.15, 0.2) is 0 Å². The van der Waals surface area contributed by atoms with Gasteiger partial charge in [-0.1, -0.05) is 41.9 Å². The molecule has 0 N–H and O–H groups in total. The van der Waals surface area contributed by atoms with Crippen LogP contribution in [0.15, 0.2) is 24.3 Å². The van der Waals surface area contributed by atoms with E-state index in [0.717, 1.165) is 17.8 Å². The monoisotopic (exact) mass is 255 g/mol. The second kappa shape index (κ2) is 5.40. The van der Waals surface area contributed by atoms with E-state index in [2.05, 4.69) is 66.0 Å². The van der Waals surface area contributed by atoms with Gasteiger partial charge in [-0.3, -0.25) is 0 Å². The van der Waals surface area contributed by atoms with Crippen LogP contribution in [0.2, 0.25) is 0 Å². The second-order valence-electron chi connectivity index (χ2n) is 4.08. The van der Waals surface area contributed by atoms with Crippen molar-refractivity contribution < 1.29 is 0 Å². The van der Waals surface area contributed by atoms with Gasteiger partial charge in [-0.05, 0) is 30.0 Å². The summed E-state index contributed by atoms with van der Waals surface area (Å²) in [7, 11) is 2.08. The highest BCUT2D eigenvalue weighted by Gasteiger charge is 2.00. The van der Waals surface area contributed by atoms with Gasteiger partial charge < -0.3 is 4.90 Å². The molecule has 2 heteroatoms. The fourth-order valence-electron chi connectivity index (χ4n) is 1.43. The fourth-order valence-corrected chi connectivity index (χ4v) is 1.72. The molecule has 0 spiro atoms. The molecule has 0 unspecified atom stereocenters. The van der Waals surface area contributed by atoms with Gasteiger partial charge in [-0.15, -0.1) is 0 Å². The third-order valence-corrected chi connectivity index (χ3v) is 2.95. The van der Waals surface area contributed by atoms with E-state index in [1.54, 1.807) is 0 Å². The van der Waals surface area contributed by atoms with Crippen LogP contribution < -0.4 is 4.90 Å². The molecule has 0 atom stereocenters. The van der Waals surface area contributed by atoms with Crippen LogP contribution in [0, 0.1) is 5.92 Å². The topological polar surface area (TPSA) is 3.24 Å². The number of alkyl halides is 1. The Labute approximate surface area is 95.2 Å². The minimum absolute atomic E-state index is 0.731. The average Bonchev–Trinajstić information content (AvgIpc) is 2.17. The van der Waals surface area contributed by atoms with E-state index in [-0.39, 0.29) is 0 Å². The van der Waals surface area contributed by atoms with Crippen molar-refractivity contribution in [3.05, 3.63) is 29.8 Å². The first-order chi connectivity index (χ1) is 6.63. The number of benzene rings is 1. The van der Waals surface area contributed by atoms with Crippen LogP contribution in [-0.4, -0.2) is 12.5 Å². The number of rotatable bonds is 4. The van der Waals surface area contributed by atoms with Crippen molar-refractivity contribution in [3.63, 3.8) is 0 Å². The zero-order chi connectivity index (χ0) is 10.6. The molecule has 0 aliphatic carbocycles. The summed E-state index contributed by atoms with van der Waals surface area (Å²) < 4.78 is 0. The van der Waals surface area contributed by atoms with Crippen LogP contribution in [0.5, 0.6) is 0 Å². The van der Waals surface area contributed by atoms with Crippen molar-refractivity contribution >= 4 is 21.6 Å². The molecular weight excluding hydrogens is 238 g/mol. The minimum Gasteiger partial charge on any atom is -0.365 e.